The van der Waals surface area contributed by atoms with Gasteiger partial charge in [-0.15, -0.1) is 6.58 Å². The molecule has 3 heteroatoms. The normalized spacial score (nSPS) is 12.9. The molecule has 78 valence electrons. The fourth-order valence-corrected chi connectivity index (χ4v) is 1.47. The topological polar surface area (TPSA) is 33.4 Å². The average Bonchev–Trinajstić information content (AvgIpc) is 2.60. The zero-order valence-corrected chi connectivity index (χ0v) is 8.11. The van der Waals surface area contributed by atoms with E-state index in [2.05, 4.69) is 6.58 Å². The van der Waals surface area contributed by atoms with Crippen molar-refractivity contribution >= 4 is 11.0 Å². The molecule has 2 aromatic rings. The van der Waals surface area contributed by atoms with Crippen molar-refractivity contribution in [2.24, 2.45) is 0 Å². The Morgan fingerprint density at radius 3 is 3.00 bits per heavy atom. The van der Waals surface area contributed by atoms with Gasteiger partial charge in [0.15, 0.2) is 0 Å². The number of aliphatic hydroxyl groups is 1. The van der Waals surface area contributed by atoms with Crippen LogP contribution in [-0.4, -0.2) is 5.11 Å². The molecule has 2 rings (SSSR count). The summed E-state index contributed by atoms with van der Waals surface area (Å²) in [7, 11) is 0. The highest BCUT2D eigenvalue weighted by Crippen LogP contribution is 2.26. The van der Waals surface area contributed by atoms with Crippen molar-refractivity contribution in [3.05, 3.63) is 48.5 Å². The Hall–Kier alpha value is -1.61. The summed E-state index contributed by atoms with van der Waals surface area (Å²) < 4.78 is 18.2. The molecule has 0 spiro atoms. The summed E-state index contributed by atoms with van der Waals surface area (Å²) in [6.45, 7) is 3.53. The quantitative estimate of drug-likeness (QED) is 0.782. The van der Waals surface area contributed by atoms with E-state index in [1.807, 2.05) is 0 Å². The highest BCUT2D eigenvalue weighted by Gasteiger charge is 2.11. The number of furan rings is 1. The Morgan fingerprint density at radius 1 is 1.47 bits per heavy atom. The summed E-state index contributed by atoms with van der Waals surface area (Å²) in [5, 5.41) is 10.3. The summed E-state index contributed by atoms with van der Waals surface area (Å²) in [5.41, 5.74) is 0.578. The van der Waals surface area contributed by atoms with Crippen molar-refractivity contribution in [3.63, 3.8) is 0 Å². The van der Waals surface area contributed by atoms with Gasteiger partial charge in [-0.1, -0.05) is 6.08 Å². The fraction of sp³-hybridized carbons (Fsp3) is 0.167. The lowest BCUT2D eigenvalue weighted by molar-refractivity contribution is 0.155. The minimum atomic E-state index is -0.710. The van der Waals surface area contributed by atoms with Gasteiger partial charge in [-0.2, -0.15) is 0 Å². The molecule has 1 aromatic carbocycles. The second-order valence-electron chi connectivity index (χ2n) is 3.37. The maximum Gasteiger partial charge on any atom is 0.134 e. The third-order valence-electron chi connectivity index (χ3n) is 2.22. The summed E-state index contributed by atoms with van der Waals surface area (Å²) in [6, 6.07) is 5.90. The van der Waals surface area contributed by atoms with Gasteiger partial charge in [0, 0.05) is 5.39 Å². The number of rotatable bonds is 3. The molecule has 0 amide bonds. The van der Waals surface area contributed by atoms with E-state index >= 15 is 0 Å². The maximum atomic E-state index is 12.9. The van der Waals surface area contributed by atoms with Crippen LogP contribution in [0.25, 0.3) is 11.0 Å². The molecule has 0 aliphatic carbocycles. The highest BCUT2D eigenvalue weighted by molar-refractivity contribution is 5.77. The lowest BCUT2D eigenvalue weighted by Gasteiger charge is -2.01. The predicted molar refractivity (Wildman–Crippen MR) is 55.9 cm³/mol. The SMILES string of the molecule is C=CCC(O)c1cc2cc(F)ccc2o1. The van der Waals surface area contributed by atoms with E-state index in [4.69, 9.17) is 4.42 Å². The summed E-state index contributed by atoms with van der Waals surface area (Å²) in [6.07, 6.45) is 1.32. The van der Waals surface area contributed by atoms with Gasteiger partial charge in [0.1, 0.15) is 23.3 Å². The molecule has 1 heterocycles. The van der Waals surface area contributed by atoms with Crippen molar-refractivity contribution in [1.29, 1.82) is 0 Å². The van der Waals surface area contributed by atoms with E-state index in [1.54, 1.807) is 18.2 Å². The van der Waals surface area contributed by atoms with Crippen molar-refractivity contribution in [2.75, 3.05) is 0 Å². The average molecular weight is 206 g/mol. The first kappa shape index (κ1) is 9.93. The van der Waals surface area contributed by atoms with E-state index in [0.29, 0.717) is 23.2 Å². The van der Waals surface area contributed by atoms with Gasteiger partial charge in [0.2, 0.25) is 0 Å². The van der Waals surface area contributed by atoms with Crippen LogP contribution in [0.2, 0.25) is 0 Å². The molecule has 0 saturated carbocycles. The molecule has 2 nitrogen and oxygen atoms in total. The van der Waals surface area contributed by atoms with Crippen LogP contribution in [-0.2, 0) is 0 Å². The third kappa shape index (κ3) is 1.92. The highest BCUT2D eigenvalue weighted by atomic mass is 19.1. The molecule has 0 aliphatic heterocycles. The lowest BCUT2D eigenvalue weighted by atomic mass is 10.2. The molecule has 15 heavy (non-hydrogen) atoms. The second kappa shape index (κ2) is 3.87. The molecule has 0 radical (unpaired) electrons. The van der Waals surface area contributed by atoms with Crippen LogP contribution < -0.4 is 0 Å². The van der Waals surface area contributed by atoms with Gasteiger partial charge in [-0.05, 0) is 30.7 Å². The van der Waals surface area contributed by atoms with Crippen LogP contribution in [0.1, 0.15) is 18.3 Å². The zero-order valence-electron chi connectivity index (χ0n) is 8.11. The molecule has 1 atom stereocenters. The van der Waals surface area contributed by atoms with Crippen LogP contribution in [0, 0.1) is 5.82 Å². The monoisotopic (exact) mass is 206 g/mol. The van der Waals surface area contributed by atoms with Crippen LogP contribution >= 0.6 is 0 Å². The molecular formula is C12H11FO2. The first-order valence-electron chi connectivity index (χ1n) is 4.68. The van der Waals surface area contributed by atoms with Crippen LogP contribution in [0.3, 0.4) is 0 Å². The molecule has 1 N–H and O–H groups in total. The van der Waals surface area contributed by atoms with E-state index < -0.39 is 6.10 Å². The molecular weight excluding hydrogens is 195 g/mol. The molecule has 0 saturated heterocycles. The van der Waals surface area contributed by atoms with Gasteiger partial charge in [-0.3, -0.25) is 0 Å². The van der Waals surface area contributed by atoms with E-state index in [1.165, 1.54) is 12.1 Å². The first-order valence-corrected chi connectivity index (χ1v) is 4.68. The van der Waals surface area contributed by atoms with E-state index in [-0.39, 0.29) is 5.82 Å². The van der Waals surface area contributed by atoms with Gasteiger partial charge in [0.25, 0.3) is 0 Å². The Labute approximate surface area is 86.6 Å². The lowest BCUT2D eigenvalue weighted by Crippen LogP contribution is -1.91. The van der Waals surface area contributed by atoms with Crippen molar-refractivity contribution in [2.45, 2.75) is 12.5 Å². The van der Waals surface area contributed by atoms with Crippen LogP contribution in [0.15, 0.2) is 41.3 Å². The minimum absolute atomic E-state index is 0.312. The zero-order chi connectivity index (χ0) is 10.8. The molecule has 0 bridgehead atoms. The summed E-state index contributed by atoms with van der Waals surface area (Å²) in [5.74, 6) is 0.128. The van der Waals surface area contributed by atoms with Crippen molar-refractivity contribution in [3.8, 4) is 0 Å². The Balaban J connectivity index is 2.42. The number of halogens is 1. The largest absolute Gasteiger partial charge is 0.458 e. The summed E-state index contributed by atoms with van der Waals surface area (Å²) in [4.78, 5) is 0. The van der Waals surface area contributed by atoms with Crippen molar-refractivity contribution in [1.82, 2.24) is 0 Å². The number of hydrogen-bond donors (Lipinski definition) is 1. The summed E-state index contributed by atoms with van der Waals surface area (Å²) >= 11 is 0. The van der Waals surface area contributed by atoms with Gasteiger partial charge in [0.05, 0.1) is 0 Å². The van der Waals surface area contributed by atoms with Crippen LogP contribution in [0.4, 0.5) is 4.39 Å². The Morgan fingerprint density at radius 2 is 2.27 bits per heavy atom. The van der Waals surface area contributed by atoms with Crippen molar-refractivity contribution < 1.29 is 13.9 Å². The van der Waals surface area contributed by atoms with Gasteiger partial charge < -0.3 is 9.52 Å². The third-order valence-corrected chi connectivity index (χ3v) is 2.22. The fourth-order valence-electron chi connectivity index (χ4n) is 1.47. The standard InChI is InChI=1S/C12H11FO2/c1-2-3-10(14)12-7-8-6-9(13)4-5-11(8)15-12/h2,4-7,10,14H,1,3H2. The predicted octanol–water partition coefficient (Wildman–Crippen LogP) is 3.18. The molecule has 0 fully saturated rings. The van der Waals surface area contributed by atoms with Crippen LogP contribution in [0.5, 0.6) is 0 Å². The second-order valence-corrected chi connectivity index (χ2v) is 3.37. The number of hydrogen-bond acceptors (Lipinski definition) is 2. The number of aliphatic hydroxyl groups excluding tert-OH is 1. The van der Waals surface area contributed by atoms with E-state index in [0.717, 1.165) is 0 Å². The minimum Gasteiger partial charge on any atom is -0.458 e. The number of fused-ring (bicyclic) bond motifs is 1. The Bertz CT molecular complexity index is 487. The molecule has 1 unspecified atom stereocenters. The number of benzene rings is 1. The molecule has 0 aliphatic rings. The Kier molecular flexibility index (Phi) is 2.56. The maximum absolute atomic E-state index is 12.9. The van der Waals surface area contributed by atoms with E-state index in [9.17, 15) is 9.50 Å². The van der Waals surface area contributed by atoms with Gasteiger partial charge >= 0.3 is 0 Å². The smallest absolute Gasteiger partial charge is 0.134 e. The van der Waals surface area contributed by atoms with Gasteiger partial charge in [-0.25, -0.2) is 4.39 Å². The molecule has 1 aromatic heterocycles. The first-order chi connectivity index (χ1) is 7.20.